The van der Waals surface area contributed by atoms with Gasteiger partial charge in [-0.15, -0.1) is 13.2 Å². The summed E-state index contributed by atoms with van der Waals surface area (Å²) in [6.45, 7) is 6.70. The molecule has 3 aromatic rings. The summed E-state index contributed by atoms with van der Waals surface area (Å²) >= 11 is 0. The first-order chi connectivity index (χ1) is 15.4. The Labute approximate surface area is 189 Å². The van der Waals surface area contributed by atoms with E-state index in [2.05, 4.69) is 40.4 Å². The number of nitrogens with one attached hydrogen (secondary N) is 1. The molecule has 1 aromatic heterocycles. The van der Waals surface area contributed by atoms with Crippen molar-refractivity contribution in [2.45, 2.75) is 52.4 Å². The van der Waals surface area contributed by atoms with E-state index in [0.717, 1.165) is 24.8 Å². The summed E-state index contributed by atoms with van der Waals surface area (Å²) < 4.78 is 43.4. The highest BCUT2D eigenvalue weighted by molar-refractivity contribution is 5.93. The average Bonchev–Trinajstić information content (AvgIpc) is 3.03. The lowest BCUT2D eigenvalue weighted by atomic mass is 9.70. The number of hydrogen-bond donors (Lipinski definition) is 2. The molecule has 6 nitrogen and oxygen atoms in total. The van der Waals surface area contributed by atoms with Gasteiger partial charge in [0.1, 0.15) is 5.75 Å². The van der Waals surface area contributed by atoms with E-state index >= 15 is 0 Å². The molecule has 4 rings (SSSR count). The van der Waals surface area contributed by atoms with Gasteiger partial charge in [0.15, 0.2) is 0 Å². The van der Waals surface area contributed by atoms with E-state index in [1.165, 1.54) is 30.3 Å². The summed E-state index contributed by atoms with van der Waals surface area (Å²) in [5, 5.41) is 12.6. The van der Waals surface area contributed by atoms with Gasteiger partial charge in [-0.1, -0.05) is 20.8 Å². The molecule has 0 amide bonds. The lowest BCUT2D eigenvalue weighted by Gasteiger charge is -2.40. The highest BCUT2D eigenvalue weighted by Crippen LogP contribution is 2.46. The Morgan fingerprint density at radius 1 is 1.18 bits per heavy atom. The standard InChI is InChI=1S/C24H26F3N3O3/c1-14-10-17(13-23(2,3)12-14)30-20-9-4-15(21(31)32)11-19(20)29-22(30)28-16-5-7-18(8-6-16)33-24(25,26)27/h4-9,11,14,17H,10,12-13H2,1-3H3,(H,28,29)(H,31,32)/t14?,17-/m1/s1. The SMILES string of the molecule is CC1C[C@@H](n2c(Nc3ccc(OC(F)(F)F)cc3)nc3cc(C(=O)O)ccc32)CC(C)(C)C1. The second-order valence-corrected chi connectivity index (χ2v) is 9.58. The van der Waals surface area contributed by atoms with Crippen LogP contribution in [0.25, 0.3) is 11.0 Å². The number of fused-ring (bicyclic) bond motifs is 1. The van der Waals surface area contributed by atoms with Gasteiger partial charge >= 0.3 is 12.3 Å². The third kappa shape index (κ3) is 5.23. The van der Waals surface area contributed by atoms with Crippen molar-refractivity contribution in [2.75, 3.05) is 5.32 Å². The number of carbonyl (C=O) groups is 1. The molecule has 0 spiro atoms. The monoisotopic (exact) mass is 461 g/mol. The summed E-state index contributed by atoms with van der Waals surface area (Å²) in [5.74, 6) is -0.322. The van der Waals surface area contributed by atoms with Gasteiger partial charge in [0.05, 0.1) is 16.6 Å². The van der Waals surface area contributed by atoms with Gasteiger partial charge in [0.25, 0.3) is 0 Å². The number of alkyl halides is 3. The smallest absolute Gasteiger partial charge is 0.478 e. The first kappa shape index (κ1) is 22.9. The highest BCUT2D eigenvalue weighted by atomic mass is 19.4. The van der Waals surface area contributed by atoms with Gasteiger partial charge in [-0.3, -0.25) is 0 Å². The van der Waals surface area contributed by atoms with E-state index in [-0.39, 0.29) is 22.8 Å². The highest BCUT2D eigenvalue weighted by Gasteiger charge is 2.35. The van der Waals surface area contributed by atoms with Crippen LogP contribution in [0.15, 0.2) is 42.5 Å². The minimum Gasteiger partial charge on any atom is -0.478 e. The third-order valence-corrected chi connectivity index (χ3v) is 6.01. The van der Waals surface area contributed by atoms with Crippen LogP contribution in [-0.2, 0) is 0 Å². The zero-order valence-electron chi connectivity index (χ0n) is 18.6. The van der Waals surface area contributed by atoms with Crippen LogP contribution in [0.4, 0.5) is 24.8 Å². The summed E-state index contributed by atoms with van der Waals surface area (Å²) in [4.78, 5) is 16.1. The summed E-state index contributed by atoms with van der Waals surface area (Å²) in [7, 11) is 0. The van der Waals surface area contributed by atoms with Crippen molar-refractivity contribution in [3.63, 3.8) is 0 Å². The van der Waals surface area contributed by atoms with Crippen molar-refractivity contribution < 1.29 is 27.8 Å². The Bertz CT molecular complexity index is 1170. The molecule has 2 atom stereocenters. The molecular weight excluding hydrogens is 435 g/mol. The Hall–Kier alpha value is -3.23. The first-order valence-electron chi connectivity index (χ1n) is 10.8. The second-order valence-electron chi connectivity index (χ2n) is 9.58. The molecule has 9 heteroatoms. The van der Waals surface area contributed by atoms with Crippen molar-refractivity contribution in [3.05, 3.63) is 48.0 Å². The second kappa shape index (κ2) is 8.28. The van der Waals surface area contributed by atoms with E-state index < -0.39 is 12.3 Å². The fraction of sp³-hybridized carbons (Fsp3) is 0.417. The van der Waals surface area contributed by atoms with E-state index in [1.807, 2.05) is 0 Å². The zero-order chi connectivity index (χ0) is 24.0. The van der Waals surface area contributed by atoms with Crippen LogP contribution in [0, 0.1) is 11.3 Å². The number of hydrogen-bond acceptors (Lipinski definition) is 4. The minimum atomic E-state index is -4.75. The van der Waals surface area contributed by atoms with E-state index in [4.69, 9.17) is 0 Å². The molecule has 2 aromatic carbocycles. The van der Waals surface area contributed by atoms with Crippen LogP contribution in [0.3, 0.4) is 0 Å². The van der Waals surface area contributed by atoms with Gasteiger partial charge in [-0.05, 0) is 73.1 Å². The molecule has 1 heterocycles. The van der Waals surface area contributed by atoms with Crippen LogP contribution in [-0.4, -0.2) is 27.0 Å². The fourth-order valence-electron chi connectivity index (χ4n) is 5.05. The maximum atomic E-state index is 12.5. The van der Waals surface area contributed by atoms with Crippen molar-refractivity contribution in [1.29, 1.82) is 0 Å². The molecule has 1 aliphatic carbocycles. The van der Waals surface area contributed by atoms with Crippen LogP contribution < -0.4 is 10.1 Å². The Balaban J connectivity index is 1.73. The van der Waals surface area contributed by atoms with Crippen molar-refractivity contribution in [2.24, 2.45) is 11.3 Å². The van der Waals surface area contributed by atoms with Gasteiger partial charge in [0.2, 0.25) is 5.95 Å². The summed E-state index contributed by atoms with van der Waals surface area (Å²) in [6, 6.07) is 10.4. The van der Waals surface area contributed by atoms with E-state index in [1.54, 1.807) is 12.1 Å². The Morgan fingerprint density at radius 2 is 1.88 bits per heavy atom. The van der Waals surface area contributed by atoms with Crippen LogP contribution in [0.5, 0.6) is 5.75 Å². The maximum Gasteiger partial charge on any atom is 0.573 e. The molecule has 33 heavy (non-hydrogen) atoms. The number of benzene rings is 2. The normalized spacial score (nSPS) is 20.5. The molecule has 1 aliphatic rings. The number of aromatic carboxylic acids is 1. The number of rotatable bonds is 5. The minimum absolute atomic E-state index is 0.133. The average molecular weight is 461 g/mol. The van der Waals surface area contributed by atoms with E-state index in [9.17, 15) is 23.1 Å². The Morgan fingerprint density at radius 3 is 2.48 bits per heavy atom. The number of anilines is 2. The number of aromatic nitrogens is 2. The maximum absolute atomic E-state index is 12.5. The Kier molecular flexibility index (Phi) is 5.76. The van der Waals surface area contributed by atoms with Crippen molar-refractivity contribution >= 4 is 28.6 Å². The quantitative estimate of drug-likeness (QED) is 0.439. The molecule has 0 saturated heterocycles. The van der Waals surface area contributed by atoms with Crippen LogP contribution in [0.1, 0.15) is 56.4 Å². The molecule has 0 bridgehead atoms. The first-order valence-corrected chi connectivity index (χ1v) is 10.8. The topological polar surface area (TPSA) is 76.4 Å². The lowest BCUT2D eigenvalue weighted by molar-refractivity contribution is -0.274. The van der Waals surface area contributed by atoms with Gasteiger partial charge in [-0.25, -0.2) is 9.78 Å². The molecule has 176 valence electrons. The van der Waals surface area contributed by atoms with Crippen LogP contribution in [0.2, 0.25) is 0 Å². The van der Waals surface area contributed by atoms with Crippen molar-refractivity contribution in [3.8, 4) is 5.75 Å². The predicted octanol–water partition coefficient (Wildman–Crippen LogP) is 6.76. The number of halogens is 3. The molecule has 2 N–H and O–H groups in total. The molecule has 0 aliphatic heterocycles. The number of carboxylic acids is 1. The molecule has 1 fully saturated rings. The number of ether oxygens (including phenoxy) is 1. The number of imidazole rings is 1. The fourth-order valence-corrected chi connectivity index (χ4v) is 5.05. The molecule has 1 unspecified atom stereocenters. The molecule has 0 radical (unpaired) electrons. The van der Waals surface area contributed by atoms with Gasteiger partial charge in [-0.2, -0.15) is 0 Å². The van der Waals surface area contributed by atoms with Gasteiger partial charge in [0, 0.05) is 11.7 Å². The van der Waals surface area contributed by atoms with Crippen molar-refractivity contribution in [1.82, 2.24) is 9.55 Å². The molecular formula is C24H26F3N3O3. The molecule has 1 saturated carbocycles. The largest absolute Gasteiger partial charge is 0.573 e. The summed E-state index contributed by atoms with van der Waals surface area (Å²) in [5.41, 5.74) is 2.18. The number of carboxylic acid groups (broad SMARTS) is 1. The summed E-state index contributed by atoms with van der Waals surface area (Å²) in [6.07, 6.45) is -1.77. The van der Waals surface area contributed by atoms with Crippen LogP contribution >= 0.6 is 0 Å². The third-order valence-electron chi connectivity index (χ3n) is 6.01. The van der Waals surface area contributed by atoms with Gasteiger partial charge < -0.3 is 19.7 Å². The van der Waals surface area contributed by atoms with E-state index in [0.29, 0.717) is 23.1 Å². The predicted molar refractivity (Wildman–Crippen MR) is 119 cm³/mol. The lowest BCUT2D eigenvalue weighted by Crippen LogP contribution is -2.29. The number of nitrogens with zero attached hydrogens (tertiary/aromatic N) is 2. The zero-order valence-corrected chi connectivity index (χ0v) is 18.6.